The molecule has 0 aromatic rings. The highest BCUT2D eigenvalue weighted by molar-refractivity contribution is 5.76. The fourth-order valence-corrected chi connectivity index (χ4v) is 0.471. The summed E-state index contributed by atoms with van der Waals surface area (Å²) in [6.07, 6.45) is 3.31. The number of Topliss-reactive ketones (excluding diaryl/α,β-unsaturated/α-hetero) is 1. The zero-order valence-corrected chi connectivity index (χ0v) is 6.90. The highest BCUT2D eigenvalue weighted by Crippen LogP contribution is 1.94. The van der Waals surface area contributed by atoms with E-state index in [1.165, 1.54) is 5.57 Å². The van der Waals surface area contributed by atoms with Gasteiger partial charge in [0, 0.05) is 6.42 Å². The molecule has 0 rings (SSSR count). The summed E-state index contributed by atoms with van der Waals surface area (Å²) in [5.41, 5.74) is 4.23. The van der Waals surface area contributed by atoms with Crippen molar-refractivity contribution in [2.75, 3.05) is 0 Å². The van der Waals surface area contributed by atoms with Crippen LogP contribution in [0.3, 0.4) is 0 Å². The van der Waals surface area contributed by atoms with E-state index in [0.717, 1.165) is 6.42 Å². The van der Waals surface area contributed by atoms with Crippen molar-refractivity contribution in [3.8, 4) is 0 Å². The summed E-state index contributed by atoms with van der Waals surface area (Å²) in [5.74, 6) is 0.191. The summed E-state index contributed by atoms with van der Waals surface area (Å²) in [5, 5.41) is 0. The smallest absolute Gasteiger partial charge is 0.134 e. The summed E-state index contributed by atoms with van der Waals surface area (Å²) in [6, 6.07) is 0. The first kappa shape index (κ1) is 9.19. The van der Waals surface area contributed by atoms with Gasteiger partial charge in [-0.05, 0) is 31.9 Å². The van der Waals surface area contributed by atoms with Crippen molar-refractivity contribution >= 4 is 5.78 Å². The lowest BCUT2D eigenvalue weighted by molar-refractivity contribution is -0.116. The second-order valence-corrected chi connectivity index (χ2v) is 2.39. The van der Waals surface area contributed by atoms with Crippen LogP contribution in [0.2, 0.25) is 0 Å². The largest absolute Gasteiger partial charge is 0.300 e. The van der Waals surface area contributed by atoms with Gasteiger partial charge in [0.15, 0.2) is 0 Å². The van der Waals surface area contributed by atoms with Crippen LogP contribution in [0.25, 0.3) is 0 Å². The van der Waals surface area contributed by atoms with Crippen LogP contribution in [-0.4, -0.2) is 5.78 Å². The average molecular weight is 138 g/mol. The van der Waals surface area contributed by atoms with Gasteiger partial charge in [0.1, 0.15) is 5.78 Å². The number of carbonyl (C=O) groups excluding carboxylic acids is 1. The first-order chi connectivity index (χ1) is 4.66. The van der Waals surface area contributed by atoms with Crippen LogP contribution in [0.4, 0.5) is 0 Å². The van der Waals surface area contributed by atoms with Crippen LogP contribution < -0.4 is 0 Å². The van der Waals surface area contributed by atoms with E-state index in [0.29, 0.717) is 6.42 Å². The molecule has 0 fully saturated rings. The monoisotopic (exact) mass is 138 g/mol. The van der Waals surface area contributed by atoms with E-state index < -0.39 is 0 Å². The maximum absolute atomic E-state index is 10.4. The first-order valence-electron chi connectivity index (χ1n) is 3.57. The van der Waals surface area contributed by atoms with E-state index in [9.17, 15) is 4.79 Å². The molecular weight excluding hydrogens is 124 g/mol. The fraction of sp³-hybridized carbons (Fsp3) is 0.556. The first-order valence-corrected chi connectivity index (χ1v) is 3.57. The van der Waals surface area contributed by atoms with E-state index in [1.807, 2.05) is 6.92 Å². The van der Waals surface area contributed by atoms with Crippen molar-refractivity contribution in [1.82, 2.24) is 0 Å². The van der Waals surface area contributed by atoms with Crippen molar-refractivity contribution in [3.05, 3.63) is 17.4 Å². The highest BCUT2D eigenvalue weighted by Gasteiger charge is 1.84. The zero-order valence-electron chi connectivity index (χ0n) is 6.90. The van der Waals surface area contributed by atoms with E-state index in [1.54, 1.807) is 13.0 Å². The third kappa shape index (κ3) is 5.33. The molecule has 1 heteroatoms. The third-order valence-electron chi connectivity index (χ3n) is 1.27. The van der Waals surface area contributed by atoms with Gasteiger partial charge in [0.05, 0.1) is 0 Å². The molecule has 0 heterocycles. The summed E-state index contributed by atoms with van der Waals surface area (Å²) < 4.78 is 0. The number of rotatable bonds is 3. The summed E-state index contributed by atoms with van der Waals surface area (Å²) in [6.45, 7) is 5.67. The standard InChI is InChI=1S/C9H14O/c1-4-8(2)6-5-7-9(3)10/h5H,4,7H2,1-3H3. The minimum Gasteiger partial charge on any atom is -0.300 e. The molecule has 56 valence electrons. The number of ketones is 1. The Morgan fingerprint density at radius 2 is 2.10 bits per heavy atom. The quantitative estimate of drug-likeness (QED) is 0.547. The van der Waals surface area contributed by atoms with E-state index >= 15 is 0 Å². The Labute approximate surface area is 62.4 Å². The molecule has 0 aromatic carbocycles. The molecule has 10 heavy (non-hydrogen) atoms. The number of carbonyl (C=O) groups is 1. The lowest BCUT2D eigenvalue weighted by atomic mass is 10.2. The maximum Gasteiger partial charge on any atom is 0.134 e. The van der Waals surface area contributed by atoms with Crippen LogP contribution in [0, 0.1) is 0 Å². The van der Waals surface area contributed by atoms with Gasteiger partial charge in [0.2, 0.25) is 0 Å². The lowest BCUT2D eigenvalue weighted by Gasteiger charge is -1.84. The van der Waals surface area contributed by atoms with Gasteiger partial charge in [-0.2, -0.15) is 0 Å². The Morgan fingerprint density at radius 1 is 1.50 bits per heavy atom. The van der Waals surface area contributed by atoms with E-state index in [-0.39, 0.29) is 5.78 Å². The molecule has 0 spiro atoms. The molecule has 0 atom stereocenters. The van der Waals surface area contributed by atoms with Crippen LogP contribution >= 0.6 is 0 Å². The topological polar surface area (TPSA) is 17.1 Å². The average Bonchev–Trinajstić information content (AvgIpc) is 1.87. The maximum atomic E-state index is 10.4. The SMILES string of the molecule is CCC(C)=C=CCC(C)=O. The van der Waals surface area contributed by atoms with Gasteiger partial charge >= 0.3 is 0 Å². The molecule has 0 N–H and O–H groups in total. The number of allylic oxidation sites excluding steroid dienone is 1. The molecule has 0 amide bonds. The van der Waals surface area contributed by atoms with E-state index in [4.69, 9.17) is 0 Å². The minimum atomic E-state index is 0.191. The normalized spacial score (nSPS) is 8.30. The molecule has 0 bridgehead atoms. The highest BCUT2D eigenvalue weighted by atomic mass is 16.1. The van der Waals surface area contributed by atoms with Gasteiger partial charge in [-0.25, -0.2) is 0 Å². The van der Waals surface area contributed by atoms with Gasteiger partial charge < -0.3 is 0 Å². The molecule has 0 radical (unpaired) electrons. The predicted molar refractivity (Wildman–Crippen MR) is 42.9 cm³/mol. The molecular formula is C9H14O. The second kappa shape index (κ2) is 5.01. The van der Waals surface area contributed by atoms with Gasteiger partial charge in [-0.15, -0.1) is 5.73 Å². The Kier molecular flexibility index (Phi) is 4.61. The predicted octanol–water partition coefficient (Wildman–Crippen LogP) is 2.48. The van der Waals surface area contributed by atoms with E-state index in [2.05, 4.69) is 12.7 Å². The van der Waals surface area contributed by atoms with Crippen LogP contribution in [0.1, 0.15) is 33.6 Å². The molecule has 0 aliphatic heterocycles. The minimum absolute atomic E-state index is 0.191. The number of hydrogen-bond donors (Lipinski definition) is 0. The molecule has 0 aliphatic carbocycles. The molecule has 0 aromatic heterocycles. The van der Waals surface area contributed by atoms with Gasteiger partial charge in [-0.1, -0.05) is 6.92 Å². The summed E-state index contributed by atoms with van der Waals surface area (Å²) in [7, 11) is 0. The molecule has 1 nitrogen and oxygen atoms in total. The molecule has 0 saturated carbocycles. The fourth-order valence-electron chi connectivity index (χ4n) is 0.471. The lowest BCUT2D eigenvalue weighted by Crippen LogP contribution is -1.82. The molecule has 0 saturated heterocycles. The zero-order chi connectivity index (χ0) is 7.98. The van der Waals surface area contributed by atoms with Crippen molar-refractivity contribution in [1.29, 1.82) is 0 Å². The molecule has 0 unspecified atom stereocenters. The third-order valence-corrected chi connectivity index (χ3v) is 1.27. The van der Waals surface area contributed by atoms with Crippen molar-refractivity contribution in [3.63, 3.8) is 0 Å². The number of hydrogen-bond acceptors (Lipinski definition) is 1. The van der Waals surface area contributed by atoms with Crippen LogP contribution in [-0.2, 0) is 4.79 Å². The molecule has 0 aliphatic rings. The Hall–Kier alpha value is -0.810. The Morgan fingerprint density at radius 3 is 2.50 bits per heavy atom. The van der Waals surface area contributed by atoms with Gasteiger partial charge in [-0.3, -0.25) is 4.79 Å². The van der Waals surface area contributed by atoms with Crippen molar-refractivity contribution < 1.29 is 4.79 Å². The van der Waals surface area contributed by atoms with Gasteiger partial charge in [0.25, 0.3) is 0 Å². The Bertz CT molecular complexity index is 171. The van der Waals surface area contributed by atoms with Crippen molar-refractivity contribution in [2.24, 2.45) is 0 Å². The second-order valence-electron chi connectivity index (χ2n) is 2.39. The summed E-state index contributed by atoms with van der Waals surface area (Å²) >= 11 is 0. The Balaban J connectivity index is 3.85. The van der Waals surface area contributed by atoms with Crippen molar-refractivity contribution in [2.45, 2.75) is 33.6 Å². The summed E-state index contributed by atoms with van der Waals surface area (Å²) in [4.78, 5) is 10.4. The van der Waals surface area contributed by atoms with Crippen LogP contribution in [0.15, 0.2) is 17.4 Å². The van der Waals surface area contributed by atoms with Crippen LogP contribution in [0.5, 0.6) is 0 Å².